The van der Waals surface area contributed by atoms with E-state index < -0.39 is 10.0 Å². The maximum Gasteiger partial charge on any atom is 0.261 e. The number of anilines is 1. The fourth-order valence-corrected chi connectivity index (χ4v) is 4.46. The molecule has 0 aromatic heterocycles. The molecule has 2 N–H and O–H groups in total. The van der Waals surface area contributed by atoms with E-state index in [9.17, 15) is 13.2 Å². The highest BCUT2D eigenvalue weighted by Crippen LogP contribution is 2.22. The van der Waals surface area contributed by atoms with Crippen molar-refractivity contribution in [3.05, 3.63) is 78.4 Å². The number of sulfonamides is 1. The number of amides is 1. The third-order valence-electron chi connectivity index (χ3n) is 4.84. The lowest BCUT2D eigenvalue weighted by molar-refractivity contribution is -0.123. The van der Waals surface area contributed by atoms with Crippen LogP contribution in [0.25, 0.3) is 0 Å². The summed E-state index contributed by atoms with van der Waals surface area (Å²) in [6.45, 7) is 1.73. The van der Waals surface area contributed by atoms with Crippen molar-refractivity contribution in [2.75, 3.05) is 24.7 Å². The minimum absolute atomic E-state index is 0.0810. The molecule has 9 heteroatoms. The first-order valence-electron chi connectivity index (χ1n) is 10.1. The van der Waals surface area contributed by atoms with Gasteiger partial charge in [0.1, 0.15) is 11.5 Å². The molecule has 0 aliphatic carbocycles. The Morgan fingerprint density at radius 3 is 2.12 bits per heavy atom. The third kappa shape index (κ3) is 6.90. The van der Waals surface area contributed by atoms with E-state index in [0.29, 0.717) is 17.2 Å². The van der Waals surface area contributed by atoms with E-state index in [2.05, 4.69) is 10.0 Å². The van der Waals surface area contributed by atoms with E-state index in [1.165, 1.54) is 31.4 Å². The van der Waals surface area contributed by atoms with E-state index in [-0.39, 0.29) is 23.5 Å². The normalized spacial score (nSPS) is 12.0. The van der Waals surface area contributed by atoms with Crippen LogP contribution in [0.1, 0.15) is 18.5 Å². The molecular formula is C24H26N2O5S2. The van der Waals surface area contributed by atoms with Crippen LogP contribution in [0.5, 0.6) is 11.5 Å². The zero-order chi connectivity index (χ0) is 23.8. The lowest BCUT2D eigenvalue weighted by Gasteiger charge is -2.15. The minimum atomic E-state index is -3.76. The van der Waals surface area contributed by atoms with Gasteiger partial charge in [0.05, 0.1) is 18.0 Å². The van der Waals surface area contributed by atoms with Crippen molar-refractivity contribution in [2.45, 2.75) is 22.8 Å². The number of hydrogen-bond donors (Lipinski definition) is 2. The largest absolute Gasteiger partial charge is 0.497 e. The molecule has 33 heavy (non-hydrogen) atoms. The molecule has 0 aliphatic rings. The highest BCUT2D eigenvalue weighted by Gasteiger charge is 2.15. The number of benzene rings is 3. The Kier molecular flexibility index (Phi) is 8.24. The van der Waals surface area contributed by atoms with Crippen molar-refractivity contribution in [3.8, 4) is 11.5 Å². The zero-order valence-electron chi connectivity index (χ0n) is 18.6. The van der Waals surface area contributed by atoms with Gasteiger partial charge in [-0.05, 0) is 79.4 Å². The van der Waals surface area contributed by atoms with Gasteiger partial charge in [-0.15, -0.1) is 11.8 Å². The molecule has 1 amide bonds. The number of rotatable bonds is 10. The van der Waals surface area contributed by atoms with Crippen LogP contribution in [-0.2, 0) is 14.8 Å². The van der Waals surface area contributed by atoms with E-state index in [1.807, 2.05) is 37.4 Å². The predicted octanol–water partition coefficient (Wildman–Crippen LogP) is 4.47. The topological polar surface area (TPSA) is 93.7 Å². The molecule has 3 rings (SSSR count). The number of carbonyl (C=O) groups is 1. The number of carbonyl (C=O) groups excluding carboxylic acids is 1. The van der Waals surface area contributed by atoms with Gasteiger partial charge in [0.15, 0.2) is 6.61 Å². The summed E-state index contributed by atoms with van der Waals surface area (Å²) in [5.74, 6) is 0.756. The van der Waals surface area contributed by atoms with Gasteiger partial charge >= 0.3 is 0 Å². The molecular weight excluding hydrogens is 460 g/mol. The van der Waals surface area contributed by atoms with Crippen molar-refractivity contribution in [2.24, 2.45) is 0 Å². The van der Waals surface area contributed by atoms with Gasteiger partial charge in [-0.25, -0.2) is 8.42 Å². The smallest absolute Gasteiger partial charge is 0.261 e. The maximum absolute atomic E-state index is 12.6. The first-order valence-corrected chi connectivity index (χ1v) is 12.8. The van der Waals surface area contributed by atoms with Gasteiger partial charge in [-0.2, -0.15) is 0 Å². The second kappa shape index (κ2) is 11.1. The van der Waals surface area contributed by atoms with Crippen molar-refractivity contribution in [1.82, 2.24) is 5.32 Å². The summed E-state index contributed by atoms with van der Waals surface area (Å²) in [7, 11) is -2.22. The molecule has 0 fully saturated rings. The number of methoxy groups -OCH3 is 1. The van der Waals surface area contributed by atoms with Crippen LogP contribution in [0.2, 0.25) is 0 Å². The monoisotopic (exact) mass is 486 g/mol. The number of nitrogens with one attached hydrogen (secondary N) is 2. The van der Waals surface area contributed by atoms with Gasteiger partial charge in [0.25, 0.3) is 15.9 Å². The molecule has 0 heterocycles. The van der Waals surface area contributed by atoms with Gasteiger partial charge in [-0.1, -0.05) is 12.1 Å². The summed E-state index contributed by atoms with van der Waals surface area (Å²) < 4.78 is 38.2. The zero-order valence-corrected chi connectivity index (χ0v) is 20.2. The molecule has 0 unspecified atom stereocenters. The van der Waals surface area contributed by atoms with Crippen LogP contribution < -0.4 is 19.5 Å². The second-order valence-corrected chi connectivity index (χ2v) is 9.72. The number of hydrogen-bond acceptors (Lipinski definition) is 6. The predicted molar refractivity (Wildman–Crippen MR) is 131 cm³/mol. The highest BCUT2D eigenvalue weighted by atomic mass is 32.2. The van der Waals surface area contributed by atoms with Crippen LogP contribution in [0.4, 0.5) is 5.69 Å². The number of ether oxygens (including phenoxy) is 2. The Hall–Kier alpha value is -3.17. The molecule has 3 aromatic rings. The average Bonchev–Trinajstić information content (AvgIpc) is 2.83. The van der Waals surface area contributed by atoms with Crippen molar-refractivity contribution in [1.29, 1.82) is 0 Å². The fourth-order valence-electron chi connectivity index (χ4n) is 3.00. The molecule has 0 saturated carbocycles. The van der Waals surface area contributed by atoms with Crippen molar-refractivity contribution in [3.63, 3.8) is 0 Å². The molecule has 0 aliphatic heterocycles. The Bertz CT molecular complexity index is 1160. The molecule has 0 saturated heterocycles. The Morgan fingerprint density at radius 2 is 1.55 bits per heavy atom. The minimum Gasteiger partial charge on any atom is -0.497 e. The third-order valence-corrected chi connectivity index (χ3v) is 6.98. The molecule has 1 atom stereocenters. The Morgan fingerprint density at radius 1 is 0.939 bits per heavy atom. The van der Waals surface area contributed by atoms with E-state index in [0.717, 1.165) is 10.5 Å². The quantitative estimate of drug-likeness (QED) is 0.411. The van der Waals surface area contributed by atoms with Crippen LogP contribution in [0.3, 0.4) is 0 Å². The first-order chi connectivity index (χ1) is 15.8. The summed E-state index contributed by atoms with van der Waals surface area (Å²) in [6, 6.07) is 20.3. The van der Waals surface area contributed by atoms with E-state index >= 15 is 0 Å². The Balaban J connectivity index is 1.53. The molecule has 174 valence electrons. The van der Waals surface area contributed by atoms with Crippen LogP contribution in [0.15, 0.2) is 82.6 Å². The Labute approximate surface area is 198 Å². The molecule has 3 aromatic carbocycles. The summed E-state index contributed by atoms with van der Waals surface area (Å²) in [5, 5.41) is 2.89. The summed E-state index contributed by atoms with van der Waals surface area (Å²) >= 11 is 1.66. The first kappa shape index (κ1) is 24.5. The second-order valence-electron chi connectivity index (χ2n) is 7.16. The fraction of sp³-hybridized carbons (Fsp3) is 0.208. The van der Waals surface area contributed by atoms with Crippen molar-refractivity contribution >= 4 is 33.4 Å². The van der Waals surface area contributed by atoms with E-state index in [4.69, 9.17) is 9.47 Å². The summed E-state index contributed by atoms with van der Waals surface area (Å²) in [5.41, 5.74) is 1.42. The van der Waals surface area contributed by atoms with E-state index in [1.54, 1.807) is 36.0 Å². The standard InChI is InChI=1S/C24H26N2O5S2/c1-17(18-4-12-22(32-3)13-5-18)25-24(27)16-31-21-10-14-23(15-11-21)33(28,29)26-19-6-8-20(30-2)9-7-19/h4-15,17,26H,16H2,1-3H3,(H,25,27)/t17-/m1/s1. The molecule has 0 radical (unpaired) electrons. The van der Waals surface area contributed by atoms with Crippen LogP contribution in [-0.4, -0.2) is 34.3 Å². The van der Waals surface area contributed by atoms with Gasteiger partial charge in [-0.3, -0.25) is 9.52 Å². The van der Waals surface area contributed by atoms with Gasteiger partial charge in [0, 0.05) is 10.6 Å². The molecule has 0 spiro atoms. The highest BCUT2D eigenvalue weighted by molar-refractivity contribution is 7.98. The van der Waals surface area contributed by atoms with Gasteiger partial charge in [0.2, 0.25) is 0 Å². The van der Waals surface area contributed by atoms with Crippen LogP contribution in [0, 0.1) is 0 Å². The lowest BCUT2D eigenvalue weighted by Crippen LogP contribution is -2.31. The van der Waals surface area contributed by atoms with Crippen LogP contribution >= 0.6 is 11.8 Å². The molecule has 7 nitrogen and oxygen atoms in total. The summed E-state index contributed by atoms with van der Waals surface area (Å²) in [4.78, 5) is 13.5. The molecule has 0 bridgehead atoms. The maximum atomic E-state index is 12.6. The number of thioether (sulfide) groups is 1. The lowest BCUT2D eigenvalue weighted by atomic mass is 10.1. The average molecular weight is 487 g/mol. The SMILES string of the molecule is COc1ccc(NS(=O)(=O)c2ccc(OCC(=O)N[C@H](C)c3ccc(SC)cc3)cc2)cc1. The summed E-state index contributed by atoms with van der Waals surface area (Å²) in [6.07, 6.45) is 2.01. The van der Waals surface area contributed by atoms with Crippen molar-refractivity contribution < 1.29 is 22.7 Å². The van der Waals surface area contributed by atoms with Gasteiger partial charge < -0.3 is 14.8 Å².